The zero-order valence-corrected chi connectivity index (χ0v) is 16.2. The average molecular weight is 364 g/mol. The number of benzene rings is 2. The molecule has 138 valence electrons. The van der Waals surface area contributed by atoms with Crippen LogP contribution in [0.2, 0.25) is 0 Å². The Bertz CT molecular complexity index is 1070. The van der Waals surface area contributed by atoms with Crippen molar-refractivity contribution in [3.05, 3.63) is 119 Å². The Balaban J connectivity index is 1.65. The standard InChI is InChI=1S/C26H24N2/c1-17-15-23(19-9-5-3-6-10-19)21-13-14-22-24(20-11-7-4-8-12-20)16-18(2)28-26(22)25(21)27-17/h3-17,26-28H,1-2H3. The Hall–Kier alpha value is -3.26. The zero-order chi connectivity index (χ0) is 19.1. The van der Waals surface area contributed by atoms with Gasteiger partial charge < -0.3 is 10.6 Å². The van der Waals surface area contributed by atoms with E-state index in [1.165, 1.54) is 44.8 Å². The van der Waals surface area contributed by atoms with Crippen molar-refractivity contribution in [2.75, 3.05) is 0 Å². The van der Waals surface area contributed by atoms with Gasteiger partial charge in [0.05, 0.1) is 6.04 Å². The van der Waals surface area contributed by atoms with Crippen molar-refractivity contribution in [1.29, 1.82) is 0 Å². The van der Waals surface area contributed by atoms with Crippen LogP contribution in [0.3, 0.4) is 0 Å². The van der Waals surface area contributed by atoms with Gasteiger partial charge in [-0.15, -0.1) is 0 Å². The number of rotatable bonds is 2. The molecule has 0 radical (unpaired) electrons. The van der Waals surface area contributed by atoms with Gasteiger partial charge in [0, 0.05) is 23.0 Å². The summed E-state index contributed by atoms with van der Waals surface area (Å²) in [6.07, 6.45) is 9.16. The highest BCUT2D eigenvalue weighted by Crippen LogP contribution is 2.39. The molecule has 2 aromatic rings. The summed E-state index contributed by atoms with van der Waals surface area (Å²) in [7, 11) is 0. The van der Waals surface area contributed by atoms with E-state index in [0.717, 1.165) is 0 Å². The molecule has 1 aliphatic carbocycles. The molecule has 0 aromatic heterocycles. The smallest absolute Gasteiger partial charge is 0.0924 e. The van der Waals surface area contributed by atoms with Crippen LogP contribution in [0, 0.1) is 0 Å². The van der Waals surface area contributed by atoms with Crippen LogP contribution < -0.4 is 10.6 Å². The first-order chi connectivity index (χ1) is 13.7. The molecule has 2 aromatic carbocycles. The maximum atomic E-state index is 3.74. The number of allylic oxidation sites excluding steroid dienone is 6. The highest BCUT2D eigenvalue weighted by Gasteiger charge is 2.32. The average Bonchev–Trinajstić information content (AvgIpc) is 2.74. The summed E-state index contributed by atoms with van der Waals surface area (Å²) in [6.45, 7) is 4.37. The lowest BCUT2D eigenvalue weighted by molar-refractivity contribution is 0.606. The molecule has 2 heteroatoms. The van der Waals surface area contributed by atoms with Crippen molar-refractivity contribution >= 4 is 11.1 Å². The summed E-state index contributed by atoms with van der Waals surface area (Å²) in [5.41, 5.74) is 10.2. The SMILES string of the molecule is CC1=CC(c2ccccc2)=C2C=CC3=C(NC(C)C=C3c3ccccc3)C2N1. The molecular formula is C26H24N2. The van der Waals surface area contributed by atoms with Crippen LogP contribution in [-0.2, 0) is 0 Å². The van der Waals surface area contributed by atoms with Gasteiger partial charge in [-0.3, -0.25) is 0 Å². The third kappa shape index (κ3) is 2.82. The van der Waals surface area contributed by atoms with Crippen LogP contribution >= 0.6 is 0 Å². The number of hydrogen-bond donors (Lipinski definition) is 2. The first-order valence-corrected chi connectivity index (χ1v) is 9.91. The molecule has 2 aliphatic heterocycles. The highest BCUT2D eigenvalue weighted by molar-refractivity contribution is 5.89. The summed E-state index contributed by atoms with van der Waals surface area (Å²) in [4.78, 5) is 0. The van der Waals surface area contributed by atoms with Crippen LogP contribution in [-0.4, -0.2) is 12.1 Å². The highest BCUT2D eigenvalue weighted by atomic mass is 15.0. The lowest BCUT2D eigenvalue weighted by Gasteiger charge is -2.38. The minimum atomic E-state index is 0.148. The maximum Gasteiger partial charge on any atom is 0.0924 e. The Kier molecular flexibility index (Phi) is 4.05. The van der Waals surface area contributed by atoms with E-state index < -0.39 is 0 Å². The van der Waals surface area contributed by atoms with E-state index in [9.17, 15) is 0 Å². The molecule has 2 atom stereocenters. The van der Waals surface area contributed by atoms with Crippen molar-refractivity contribution in [2.24, 2.45) is 0 Å². The molecule has 0 amide bonds. The summed E-state index contributed by atoms with van der Waals surface area (Å²) >= 11 is 0. The second-order valence-corrected chi connectivity index (χ2v) is 7.68. The lowest BCUT2D eigenvalue weighted by atomic mass is 9.80. The molecule has 2 N–H and O–H groups in total. The van der Waals surface area contributed by atoms with Crippen LogP contribution in [0.1, 0.15) is 25.0 Å². The fourth-order valence-electron chi connectivity index (χ4n) is 4.39. The molecule has 0 fully saturated rings. The van der Waals surface area contributed by atoms with Crippen molar-refractivity contribution in [3.63, 3.8) is 0 Å². The predicted octanol–water partition coefficient (Wildman–Crippen LogP) is 5.22. The summed E-state index contributed by atoms with van der Waals surface area (Å²) < 4.78 is 0. The minimum absolute atomic E-state index is 0.148. The van der Waals surface area contributed by atoms with Crippen molar-refractivity contribution in [3.8, 4) is 0 Å². The van der Waals surface area contributed by atoms with Gasteiger partial charge in [-0.05, 0) is 47.8 Å². The quantitative estimate of drug-likeness (QED) is 0.764. The molecule has 2 unspecified atom stereocenters. The summed E-state index contributed by atoms with van der Waals surface area (Å²) in [6, 6.07) is 21.8. The first kappa shape index (κ1) is 16.9. The van der Waals surface area contributed by atoms with Gasteiger partial charge in [0.15, 0.2) is 0 Å². The number of dihydropyridines is 2. The number of fused-ring (bicyclic) bond motifs is 2. The Morgan fingerprint density at radius 1 is 0.750 bits per heavy atom. The Labute approximate surface area is 166 Å². The van der Waals surface area contributed by atoms with E-state index in [1.54, 1.807) is 0 Å². The van der Waals surface area contributed by atoms with Crippen molar-refractivity contribution in [2.45, 2.75) is 25.9 Å². The number of nitrogens with one attached hydrogen (secondary N) is 2. The molecule has 0 saturated heterocycles. The summed E-state index contributed by atoms with van der Waals surface area (Å²) in [5.74, 6) is 0. The van der Waals surface area contributed by atoms with Gasteiger partial charge >= 0.3 is 0 Å². The fourth-order valence-corrected chi connectivity index (χ4v) is 4.39. The molecule has 3 aliphatic rings. The monoisotopic (exact) mass is 364 g/mol. The first-order valence-electron chi connectivity index (χ1n) is 9.91. The van der Waals surface area contributed by atoms with Crippen molar-refractivity contribution in [1.82, 2.24) is 10.6 Å². The molecule has 5 rings (SSSR count). The van der Waals surface area contributed by atoms with Crippen LogP contribution in [0.25, 0.3) is 11.1 Å². The predicted molar refractivity (Wildman–Crippen MR) is 117 cm³/mol. The molecule has 0 bridgehead atoms. The molecule has 0 spiro atoms. The zero-order valence-electron chi connectivity index (χ0n) is 16.2. The van der Waals surface area contributed by atoms with Gasteiger partial charge in [-0.2, -0.15) is 0 Å². The maximum absolute atomic E-state index is 3.74. The van der Waals surface area contributed by atoms with E-state index in [-0.39, 0.29) is 12.1 Å². The van der Waals surface area contributed by atoms with E-state index in [2.05, 4.69) is 109 Å². The summed E-state index contributed by atoms with van der Waals surface area (Å²) in [5, 5.41) is 7.45. The molecule has 2 nitrogen and oxygen atoms in total. The number of hydrogen-bond acceptors (Lipinski definition) is 2. The Morgan fingerprint density at radius 2 is 1.43 bits per heavy atom. The lowest BCUT2D eigenvalue weighted by Crippen LogP contribution is -2.44. The van der Waals surface area contributed by atoms with Crippen molar-refractivity contribution < 1.29 is 0 Å². The normalized spacial score (nSPS) is 23.2. The van der Waals surface area contributed by atoms with Crippen LogP contribution in [0.4, 0.5) is 0 Å². The fraction of sp³-hybridized carbons (Fsp3) is 0.154. The largest absolute Gasteiger partial charge is 0.380 e. The molecule has 28 heavy (non-hydrogen) atoms. The second kappa shape index (κ2) is 6.72. The topological polar surface area (TPSA) is 24.1 Å². The van der Waals surface area contributed by atoms with E-state index in [4.69, 9.17) is 0 Å². The third-order valence-corrected chi connectivity index (χ3v) is 5.62. The van der Waals surface area contributed by atoms with Gasteiger partial charge in [0.1, 0.15) is 0 Å². The van der Waals surface area contributed by atoms with Crippen LogP contribution in [0.15, 0.2) is 108 Å². The van der Waals surface area contributed by atoms with Crippen LogP contribution in [0.5, 0.6) is 0 Å². The van der Waals surface area contributed by atoms with Gasteiger partial charge in [0.25, 0.3) is 0 Å². The van der Waals surface area contributed by atoms with E-state index >= 15 is 0 Å². The molecule has 0 saturated carbocycles. The van der Waals surface area contributed by atoms with Gasteiger partial charge in [0.2, 0.25) is 0 Å². The van der Waals surface area contributed by atoms with Gasteiger partial charge in [-0.25, -0.2) is 0 Å². The van der Waals surface area contributed by atoms with Gasteiger partial charge in [-0.1, -0.05) is 78.9 Å². The minimum Gasteiger partial charge on any atom is -0.380 e. The second-order valence-electron chi connectivity index (χ2n) is 7.68. The molecule has 2 heterocycles. The van der Waals surface area contributed by atoms with E-state index in [1.807, 2.05) is 0 Å². The third-order valence-electron chi connectivity index (χ3n) is 5.62. The Morgan fingerprint density at radius 3 is 2.14 bits per heavy atom. The molecular weight excluding hydrogens is 340 g/mol. The van der Waals surface area contributed by atoms with E-state index in [0.29, 0.717) is 0 Å².